The fourth-order valence-corrected chi connectivity index (χ4v) is 3.54. The van der Waals surface area contributed by atoms with Crippen molar-refractivity contribution in [3.05, 3.63) is 78.6 Å². The first-order valence-electron chi connectivity index (χ1n) is 10.5. The summed E-state index contributed by atoms with van der Waals surface area (Å²) >= 11 is 0. The molecule has 0 radical (unpaired) electrons. The van der Waals surface area contributed by atoms with Crippen LogP contribution in [0.1, 0.15) is 25.8 Å². The molecular formula is C25H30FN3O2. The number of hydrogen-bond acceptors (Lipinski definition) is 4. The van der Waals surface area contributed by atoms with Crippen molar-refractivity contribution in [1.29, 1.82) is 0 Å². The van der Waals surface area contributed by atoms with Gasteiger partial charge in [-0.1, -0.05) is 43.3 Å². The smallest absolute Gasteiger partial charge is 0.222 e. The fourth-order valence-electron chi connectivity index (χ4n) is 3.54. The van der Waals surface area contributed by atoms with Crippen LogP contribution in [0.3, 0.4) is 0 Å². The first kappa shape index (κ1) is 22.7. The van der Waals surface area contributed by atoms with Crippen LogP contribution in [0.4, 0.5) is 4.39 Å². The molecule has 3 rings (SSSR count). The lowest BCUT2D eigenvalue weighted by Gasteiger charge is -2.29. The van der Waals surface area contributed by atoms with E-state index in [1.807, 2.05) is 37.4 Å². The molecule has 0 aliphatic carbocycles. The Balaban J connectivity index is 2.03. The number of rotatable bonds is 10. The van der Waals surface area contributed by atoms with E-state index >= 15 is 0 Å². The summed E-state index contributed by atoms with van der Waals surface area (Å²) in [4.78, 5) is 2.17. The molecule has 31 heavy (non-hydrogen) atoms. The number of benzene rings is 2. The first-order chi connectivity index (χ1) is 14.8. The number of halogens is 1. The maximum absolute atomic E-state index is 13.3. The Morgan fingerprint density at radius 3 is 2.48 bits per heavy atom. The average molecular weight is 424 g/mol. The Labute approximate surface area is 183 Å². The van der Waals surface area contributed by atoms with Gasteiger partial charge in [-0.3, -0.25) is 4.90 Å². The molecule has 3 aromatic rings. The molecule has 1 atom stereocenters. The summed E-state index contributed by atoms with van der Waals surface area (Å²) in [5.41, 5.74) is 1.70. The quantitative estimate of drug-likeness (QED) is 0.457. The molecule has 0 bridgehead atoms. The zero-order valence-corrected chi connectivity index (χ0v) is 18.4. The van der Waals surface area contributed by atoms with Crippen LogP contribution in [0.15, 0.2) is 67.3 Å². The van der Waals surface area contributed by atoms with E-state index in [0.29, 0.717) is 24.7 Å². The summed E-state index contributed by atoms with van der Waals surface area (Å²) in [5.74, 6) is 0.804. The van der Waals surface area contributed by atoms with Crippen molar-refractivity contribution < 1.29 is 14.2 Å². The van der Waals surface area contributed by atoms with Gasteiger partial charge >= 0.3 is 0 Å². The minimum atomic E-state index is -1.01. The zero-order valence-electron chi connectivity index (χ0n) is 18.4. The van der Waals surface area contributed by atoms with Crippen LogP contribution in [0.2, 0.25) is 0 Å². The van der Waals surface area contributed by atoms with Gasteiger partial charge in [-0.25, -0.2) is 9.07 Å². The number of ether oxygens (including phenoxy) is 1. The van der Waals surface area contributed by atoms with E-state index in [-0.39, 0.29) is 5.82 Å². The van der Waals surface area contributed by atoms with Gasteiger partial charge in [0.25, 0.3) is 0 Å². The van der Waals surface area contributed by atoms with E-state index < -0.39 is 5.60 Å². The molecule has 164 valence electrons. The van der Waals surface area contributed by atoms with Crippen molar-refractivity contribution in [1.82, 2.24) is 14.7 Å². The molecule has 1 heterocycles. The predicted molar refractivity (Wildman–Crippen MR) is 122 cm³/mol. The van der Waals surface area contributed by atoms with Gasteiger partial charge in [-0.2, -0.15) is 5.10 Å². The van der Waals surface area contributed by atoms with Crippen molar-refractivity contribution in [2.24, 2.45) is 7.05 Å². The molecule has 0 aliphatic rings. The third kappa shape index (κ3) is 5.81. The van der Waals surface area contributed by atoms with E-state index in [4.69, 9.17) is 9.84 Å². The van der Waals surface area contributed by atoms with Crippen LogP contribution in [0.5, 0.6) is 11.6 Å². The third-order valence-corrected chi connectivity index (χ3v) is 5.07. The van der Waals surface area contributed by atoms with Crippen LogP contribution in [0.25, 0.3) is 11.3 Å². The zero-order chi connectivity index (χ0) is 22.4. The van der Waals surface area contributed by atoms with Gasteiger partial charge in [0.1, 0.15) is 17.3 Å². The number of hydrogen-bond donors (Lipinski definition) is 1. The summed E-state index contributed by atoms with van der Waals surface area (Å²) in [6, 6.07) is 15.9. The van der Waals surface area contributed by atoms with E-state index in [1.165, 1.54) is 12.1 Å². The second kappa shape index (κ2) is 9.90. The molecule has 0 aliphatic heterocycles. The van der Waals surface area contributed by atoms with Crippen LogP contribution < -0.4 is 4.74 Å². The molecule has 5 nitrogen and oxygen atoms in total. The molecule has 0 fully saturated rings. The Bertz CT molecular complexity index is 998. The normalized spacial score (nSPS) is 13.2. The van der Waals surface area contributed by atoms with Crippen LogP contribution in [-0.4, -0.2) is 38.5 Å². The standard InChI is InChI=1S/C25H30FN3O2/c1-5-16-29(18-25(3,30)6-2)17-22-23(19-10-8-7-9-11-19)27-28(4)24(22)31-21-14-12-20(26)13-15-21/h6-15,30H,2,5,16-18H2,1,3-4H3/t25-/m0/s1. The number of nitrogens with zero attached hydrogens (tertiary/aromatic N) is 3. The maximum Gasteiger partial charge on any atom is 0.222 e. The van der Waals surface area contributed by atoms with Crippen LogP contribution in [0, 0.1) is 5.82 Å². The second-order valence-electron chi connectivity index (χ2n) is 7.95. The fraction of sp³-hybridized carbons (Fsp3) is 0.320. The summed E-state index contributed by atoms with van der Waals surface area (Å²) < 4.78 is 21.2. The Kier molecular flexibility index (Phi) is 7.25. The number of aromatic nitrogens is 2. The van der Waals surface area contributed by atoms with E-state index in [2.05, 4.69) is 18.4 Å². The molecule has 6 heteroatoms. The van der Waals surface area contributed by atoms with E-state index in [0.717, 1.165) is 29.8 Å². The van der Waals surface area contributed by atoms with Gasteiger partial charge in [0, 0.05) is 25.7 Å². The van der Waals surface area contributed by atoms with Crippen molar-refractivity contribution in [2.45, 2.75) is 32.4 Å². The molecule has 0 saturated carbocycles. The highest BCUT2D eigenvalue weighted by Crippen LogP contribution is 2.34. The highest BCUT2D eigenvalue weighted by atomic mass is 19.1. The molecule has 2 aromatic carbocycles. The molecule has 1 N–H and O–H groups in total. The van der Waals surface area contributed by atoms with E-state index in [9.17, 15) is 9.50 Å². The SMILES string of the molecule is C=C[C@](C)(O)CN(CCC)Cc1c(-c2ccccc2)nn(C)c1Oc1ccc(F)cc1. The Morgan fingerprint density at radius 2 is 1.87 bits per heavy atom. The molecule has 0 amide bonds. The van der Waals surface area contributed by atoms with Crippen molar-refractivity contribution in [3.8, 4) is 22.9 Å². The van der Waals surface area contributed by atoms with Crippen LogP contribution >= 0.6 is 0 Å². The lowest BCUT2D eigenvalue weighted by molar-refractivity contribution is 0.0585. The van der Waals surface area contributed by atoms with Gasteiger partial charge in [0.2, 0.25) is 5.88 Å². The first-order valence-corrected chi connectivity index (χ1v) is 10.5. The van der Waals surface area contributed by atoms with Crippen molar-refractivity contribution in [3.63, 3.8) is 0 Å². The maximum atomic E-state index is 13.3. The molecular weight excluding hydrogens is 393 g/mol. The molecule has 0 spiro atoms. The highest BCUT2D eigenvalue weighted by Gasteiger charge is 2.25. The number of aryl methyl sites for hydroxylation is 1. The second-order valence-corrected chi connectivity index (χ2v) is 7.95. The van der Waals surface area contributed by atoms with Crippen molar-refractivity contribution in [2.75, 3.05) is 13.1 Å². The van der Waals surface area contributed by atoms with Gasteiger partial charge in [0.15, 0.2) is 0 Å². The minimum Gasteiger partial charge on any atom is -0.439 e. The third-order valence-electron chi connectivity index (χ3n) is 5.07. The predicted octanol–water partition coefficient (Wildman–Crippen LogP) is 5.17. The number of aliphatic hydroxyl groups is 1. The van der Waals surface area contributed by atoms with Crippen LogP contribution in [-0.2, 0) is 13.6 Å². The highest BCUT2D eigenvalue weighted by molar-refractivity contribution is 5.65. The van der Waals surface area contributed by atoms with Crippen molar-refractivity contribution >= 4 is 0 Å². The Morgan fingerprint density at radius 1 is 1.19 bits per heavy atom. The topological polar surface area (TPSA) is 50.5 Å². The lowest BCUT2D eigenvalue weighted by Crippen LogP contribution is -2.39. The molecule has 1 aromatic heterocycles. The van der Waals surface area contributed by atoms with Gasteiger partial charge in [-0.15, -0.1) is 6.58 Å². The largest absolute Gasteiger partial charge is 0.439 e. The van der Waals surface area contributed by atoms with E-state index in [1.54, 1.807) is 29.8 Å². The van der Waals surface area contributed by atoms with Gasteiger partial charge < -0.3 is 9.84 Å². The molecule has 0 unspecified atom stereocenters. The summed E-state index contributed by atoms with van der Waals surface area (Å²) in [7, 11) is 1.83. The van der Waals surface area contributed by atoms with Gasteiger partial charge in [0.05, 0.1) is 11.2 Å². The summed E-state index contributed by atoms with van der Waals surface area (Å²) in [6.45, 7) is 9.37. The average Bonchev–Trinajstić information content (AvgIpc) is 3.05. The Hall–Kier alpha value is -2.96. The minimum absolute atomic E-state index is 0.316. The lowest BCUT2D eigenvalue weighted by atomic mass is 10.0. The summed E-state index contributed by atoms with van der Waals surface area (Å²) in [6.07, 6.45) is 2.50. The monoisotopic (exact) mass is 423 g/mol. The van der Waals surface area contributed by atoms with Gasteiger partial charge in [-0.05, 0) is 44.2 Å². The summed E-state index contributed by atoms with van der Waals surface area (Å²) in [5, 5.41) is 15.3. The molecule has 0 saturated heterocycles.